The normalized spacial score (nSPS) is 16.6. The minimum absolute atomic E-state index is 0.520. The van der Waals surface area contributed by atoms with E-state index in [1.807, 2.05) is 31.2 Å². The van der Waals surface area contributed by atoms with Crippen LogP contribution >= 0.6 is 11.6 Å². The fourth-order valence-electron chi connectivity index (χ4n) is 4.36. The Bertz CT molecular complexity index is 1030. The van der Waals surface area contributed by atoms with E-state index in [9.17, 15) is 0 Å². The van der Waals surface area contributed by atoms with Crippen molar-refractivity contribution in [1.29, 1.82) is 0 Å². The highest BCUT2D eigenvalue weighted by Crippen LogP contribution is 2.36. The molecule has 0 radical (unpaired) electrons. The number of aryl methyl sites for hydroxylation is 1. The lowest BCUT2D eigenvalue weighted by Crippen LogP contribution is -2.10. The molecule has 0 amide bonds. The van der Waals surface area contributed by atoms with Crippen molar-refractivity contribution in [2.75, 3.05) is 0 Å². The van der Waals surface area contributed by atoms with Gasteiger partial charge in [-0.3, -0.25) is 9.56 Å². The van der Waals surface area contributed by atoms with Crippen molar-refractivity contribution in [1.82, 2.24) is 14.8 Å². The zero-order valence-electron chi connectivity index (χ0n) is 15.3. The number of aromatic nitrogens is 3. The summed E-state index contributed by atoms with van der Waals surface area (Å²) >= 11 is 6.11. The highest BCUT2D eigenvalue weighted by molar-refractivity contribution is 6.30. The van der Waals surface area contributed by atoms with E-state index in [1.54, 1.807) is 0 Å². The predicted molar refractivity (Wildman–Crippen MR) is 108 cm³/mol. The number of aliphatic imine (C=N–C) groups is 1. The first-order chi connectivity index (χ1) is 13.2. The Hall–Kier alpha value is -2.46. The van der Waals surface area contributed by atoms with Gasteiger partial charge in [-0.2, -0.15) is 0 Å². The molecule has 1 fully saturated rings. The second kappa shape index (κ2) is 6.61. The van der Waals surface area contributed by atoms with Crippen molar-refractivity contribution in [3.05, 3.63) is 75.8 Å². The monoisotopic (exact) mass is 376 g/mol. The Morgan fingerprint density at radius 3 is 2.56 bits per heavy atom. The summed E-state index contributed by atoms with van der Waals surface area (Å²) in [5.74, 6) is 2.44. The molecule has 1 aliphatic heterocycles. The Labute approximate surface area is 163 Å². The molecule has 1 saturated carbocycles. The molecular formula is C22H21ClN4. The van der Waals surface area contributed by atoms with Gasteiger partial charge in [0.15, 0.2) is 5.82 Å². The predicted octanol–water partition coefficient (Wildman–Crippen LogP) is 5.24. The fourth-order valence-corrected chi connectivity index (χ4v) is 4.49. The Morgan fingerprint density at radius 1 is 1.00 bits per heavy atom. The zero-order valence-corrected chi connectivity index (χ0v) is 16.1. The third-order valence-corrected chi connectivity index (χ3v) is 5.98. The summed E-state index contributed by atoms with van der Waals surface area (Å²) in [6, 6.07) is 14.8. The lowest BCUT2D eigenvalue weighted by Gasteiger charge is -2.17. The van der Waals surface area contributed by atoms with Gasteiger partial charge in [-0.25, -0.2) is 0 Å². The van der Waals surface area contributed by atoms with Crippen molar-refractivity contribution in [2.24, 2.45) is 4.99 Å². The number of fused-ring (bicyclic) bond motifs is 3. The van der Waals surface area contributed by atoms with Crippen molar-refractivity contribution in [2.45, 2.75) is 45.1 Å². The summed E-state index contributed by atoms with van der Waals surface area (Å²) in [6.45, 7) is 2.52. The molecule has 2 heterocycles. The largest absolute Gasteiger partial charge is 0.281 e. The van der Waals surface area contributed by atoms with Gasteiger partial charge in [0, 0.05) is 16.1 Å². The quantitative estimate of drug-likeness (QED) is 0.614. The van der Waals surface area contributed by atoms with Crippen LogP contribution in [0.15, 0.2) is 47.5 Å². The van der Waals surface area contributed by atoms with Crippen LogP contribution in [0.2, 0.25) is 5.02 Å². The summed E-state index contributed by atoms with van der Waals surface area (Å²) in [5, 5.41) is 9.35. The lowest BCUT2D eigenvalue weighted by molar-refractivity contribution is 0.722. The van der Waals surface area contributed by atoms with Gasteiger partial charge in [0.2, 0.25) is 0 Å². The van der Waals surface area contributed by atoms with Crippen LogP contribution in [-0.4, -0.2) is 20.5 Å². The number of benzene rings is 2. The maximum Gasteiger partial charge on any atom is 0.159 e. The van der Waals surface area contributed by atoms with Crippen LogP contribution in [-0.2, 0) is 6.54 Å². The van der Waals surface area contributed by atoms with E-state index in [4.69, 9.17) is 16.6 Å². The van der Waals surface area contributed by atoms with E-state index in [1.165, 1.54) is 31.2 Å². The highest BCUT2D eigenvalue weighted by atomic mass is 35.5. The molecule has 4 nitrogen and oxygen atoms in total. The van der Waals surface area contributed by atoms with Gasteiger partial charge >= 0.3 is 0 Å². The van der Waals surface area contributed by atoms with Gasteiger partial charge in [-0.1, -0.05) is 42.6 Å². The summed E-state index contributed by atoms with van der Waals surface area (Å²) in [7, 11) is 0. The Kier molecular flexibility index (Phi) is 4.09. The molecule has 0 spiro atoms. The minimum atomic E-state index is 0.520. The number of nitrogens with zero attached hydrogens (tertiary/aromatic N) is 4. The van der Waals surface area contributed by atoms with Crippen molar-refractivity contribution in [3.63, 3.8) is 0 Å². The van der Waals surface area contributed by atoms with Gasteiger partial charge < -0.3 is 0 Å². The van der Waals surface area contributed by atoms with Crippen LogP contribution in [0.5, 0.6) is 0 Å². The standard InChI is InChI=1S/C22H21ClN4/c1-14-25-26-21-13-24-22(16-6-9-18(23)10-7-16)19-12-17(15-4-2-3-5-15)8-11-20(19)27(14)21/h6-12,15H,2-5,13H2,1H3. The van der Waals surface area contributed by atoms with E-state index in [0.29, 0.717) is 12.5 Å². The molecule has 0 atom stereocenters. The second-order valence-electron chi connectivity index (χ2n) is 7.43. The van der Waals surface area contributed by atoms with E-state index in [2.05, 4.69) is 33.0 Å². The zero-order chi connectivity index (χ0) is 18.4. The van der Waals surface area contributed by atoms with Crippen LogP contribution in [0.4, 0.5) is 0 Å². The number of rotatable bonds is 2. The maximum absolute atomic E-state index is 6.11. The smallest absolute Gasteiger partial charge is 0.159 e. The summed E-state index contributed by atoms with van der Waals surface area (Å²) in [6.07, 6.45) is 5.22. The topological polar surface area (TPSA) is 43.1 Å². The third kappa shape index (κ3) is 2.88. The first-order valence-corrected chi connectivity index (χ1v) is 9.94. The van der Waals surface area contributed by atoms with E-state index >= 15 is 0 Å². The summed E-state index contributed by atoms with van der Waals surface area (Å²) in [5.41, 5.74) is 5.78. The summed E-state index contributed by atoms with van der Waals surface area (Å²) < 4.78 is 2.14. The van der Waals surface area contributed by atoms with Gasteiger partial charge in [0.1, 0.15) is 12.4 Å². The van der Waals surface area contributed by atoms with Gasteiger partial charge in [-0.05, 0) is 55.5 Å². The van der Waals surface area contributed by atoms with Crippen LogP contribution in [0.3, 0.4) is 0 Å². The maximum atomic E-state index is 6.11. The molecule has 0 N–H and O–H groups in total. The molecular weight excluding hydrogens is 356 g/mol. The molecule has 0 unspecified atom stereocenters. The molecule has 1 aliphatic carbocycles. The van der Waals surface area contributed by atoms with E-state index in [-0.39, 0.29) is 0 Å². The molecule has 5 rings (SSSR count). The Balaban J connectivity index is 1.71. The molecule has 0 bridgehead atoms. The van der Waals surface area contributed by atoms with Crippen molar-refractivity contribution >= 4 is 17.3 Å². The van der Waals surface area contributed by atoms with Crippen LogP contribution in [0, 0.1) is 6.92 Å². The number of hydrogen-bond acceptors (Lipinski definition) is 3. The van der Waals surface area contributed by atoms with E-state index < -0.39 is 0 Å². The average Bonchev–Trinajstić information content (AvgIpc) is 3.30. The van der Waals surface area contributed by atoms with Crippen LogP contribution in [0.1, 0.15) is 59.9 Å². The van der Waals surface area contributed by atoms with Gasteiger partial charge in [-0.15, -0.1) is 10.2 Å². The molecule has 136 valence electrons. The van der Waals surface area contributed by atoms with Crippen molar-refractivity contribution in [3.8, 4) is 5.69 Å². The lowest BCUT2D eigenvalue weighted by atomic mass is 9.92. The van der Waals surface area contributed by atoms with Crippen LogP contribution < -0.4 is 0 Å². The SMILES string of the molecule is Cc1nnc2n1-c1ccc(C3CCCC3)cc1C(c1ccc(Cl)cc1)=NC2. The molecule has 2 aromatic carbocycles. The number of hydrogen-bond donors (Lipinski definition) is 0. The highest BCUT2D eigenvalue weighted by Gasteiger charge is 2.24. The molecule has 2 aliphatic rings. The fraction of sp³-hybridized carbons (Fsp3) is 0.318. The second-order valence-corrected chi connectivity index (χ2v) is 7.86. The molecule has 3 aromatic rings. The van der Waals surface area contributed by atoms with Gasteiger partial charge in [0.25, 0.3) is 0 Å². The molecule has 27 heavy (non-hydrogen) atoms. The van der Waals surface area contributed by atoms with E-state index in [0.717, 1.165) is 39.2 Å². The molecule has 5 heteroatoms. The molecule has 0 saturated heterocycles. The first kappa shape index (κ1) is 16.7. The van der Waals surface area contributed by atoms with Crippen LogP contribution in [0.25, 0.3) is 5.69 Å². The first-order valence-electron chi connectivity index (χ1n) is 9.56. The molecule has 1 aromatic heterocycles. The Morgan fingerprint density at radius 2 is 1.78 bits per heavy atom. The average molecular weight is 377 g/mol. The van der Waals surface area contributed by atoms with Crippen molar-refractivity contribution < 1.29 is 0 Å². The summed E-state index contributed by atoms with van der Waals surface area (Å²) in [4.78, 5) is 4.94. The third-order valence-electron chi connectivity index (χ3n) is 5.73. The van der Waals surface area contributed by atoms with Gasteiger partial charge in [0.05, 0.1) is 11.4 Å². The minimum Gasteiger partial charge on any atom is -0.281 e. The number of halogens is 1.